The van der Waals surface area contributed by atoms with Crippen molar-refractivity contribution in [2.45, 2.75) is 73.1 Å². The van der Waals surface area contributed by atoms with Crippen LogP contribution in [0.25, 0.3) is 10.4 Å². The zero-order valence-corrected chi connectivity index (χ0v) is 22.2. The lowest BCUT2D eigenvalue weighted by atomic mass is 9.77. The van der Waals surface area contributed by atoms with Crippen LogP contribution in [0.1, 0.15) is 58.7 Å². The molecule has 1 saturated carbocycles. The smallest absolute Gasteiger partial charge is 0.224 e. The van der Waals surface area contributed by atoms with Crippen molar-refractivity contribution in [2.24, 2.45) is 23.2 Å². The molecular weight excluding hydrogens is 462 g/mol. The number of ketones is 1. The van der Waals surface area contributed by atoms with Crippen molar-refractivity contribution >= 4 is 28.9 Å². The molecule has 1 aliphatic rings. The second-order valence-corrected chi connectivity index (χ2v) is 11.7. The third kappa shape index (κ3) is 6.55. The number of aliphatic hydroxyl groups is 1. The van der Waals surface area contributed by atoms with Gasteiger partial charge in [0, 0.05) is 18.4 Å². The van der Waals surface area contributed by atoms with E-state index in [1.807, 2.05) is 57.5 Å². The minimum absolute atomic E-state index is 0.188. The minimum Gasteiger partial charge on any atom is -0.393 e. The molecule has 0 spiro atoms. The number of Topliss-reactive ketones (excluding diaryl/α,β-unsaturated/α-hetero) is 1. The molecule has 4 atom stereocenters. The van der Waals surface area contributed by atoms with E-state index in [2.05, 4.69) is 15.6 Å². The molecule has 190 valence electrons. The molecule has 0 aliphatic heterocycles. The van der Waals surface area contributed by atoms with Crippen LogP contribution in [0.2, 0.25) is 0 Å². The van der Waals surface area contributed by atoms with E-state index < -0.39 is 29.4 Å². The minimum atomic E-state index is -0.731. The van der Waals surface area contributed by atoms with E-state index in [1.54, 1.807) is 25.2 Å². The van der Waals surface area contributed by atoms with Gasteiger partial charge in [-0.05, 0) is 36.3 Å². The van der Waals surface area contributed by atoms with E-state index in [-0.39, 0.29) is 36.4 Å². The van der Waals surface area contributed by atoms with Crippen LogP contribution in [0.4, 0.5) is 0 Å². The zero-order chi connectivity index (χ0) is 25.9. The number of thiazole rings is 1. The van der Waals surface area contributed by atoms with Crippen LogP contribution in [0.5, 0.6) is 0 Å². The van der Waals surface area contributed by atoms with Gasteiger partial charge in [-0.1, -0.05) is 58.9 Å². The van der Waals surface area contributed by atoms with Crippen LogP contribution < -0.4 is 10.6 Å². The lowest BCUT2D eigenvalue weighted by Crippen LogP contribution is -2.53. The molecule has 7 nitrogen and oxygen atoms in total. The second kappa shape index (κ2) is 11.0. The van der Waals surface area contributed by atoms with Crippen LogP contribution in [0.15, 0.2) is 29.8 Å². The maximum Gasteiger partial charge on any atom is 0.224 e. The van der Waals surface area contributed by atoms with Crippen LogP contribution >= 0.6 is 11.3 Å². The van der Waals surface area contributed by atoms with Crippen molar-refractivity contribution in [2.75, 3.05) is 0 Å². The monoisotopic (exact) mass is 499 g/mol. The summed E-state index contributed by atoms with van der Waals surface area (Å²) in [6.07, 6.45) is -0.256. The number of aliphatic hydroxyl groups excluding tert-OH is 1. The third-order valence-corrected chi connectivity index (χ3v) is 7.61. The van der Waals surface area contributed by atoms with Gasteiger partial charge < -0.3 is 15.7 Å². The maximum absolute atomic E-state index is 13.6. The van der Waals surface area contributed by atoms with Gasteiger partial charge in [0.05, 0.1) is 34.1 Å². The summed E-state index contributed by atoms with van der Waals surface area (Å²) in [5.41, 5.74) is 4.33. The molecule has 1 aromatic heterocycles. The number of rotatable bonds is 8. The fraction of sp³-hybridized carbons (Fsp3) is 0.556. The number of aryl methyl sites for hydroxylation is 1. The Balaban J connectivity index is 1.68. The summed E-state index contributed by atoms with van der Waals surface area (Å²) in [6, 6.07) is 7.24. The Morgan fingerprint density at radius 3 is 2.29 bits per heavy atom. The summed E-state index contributed by atoms with van der Waals surface area (Å²) in [7, 11) is 0. The lowest BCUT2D eigenvalue weighted by molar-refractivity contribution is -0.137. The highest BCUT2D eigenvalue weighted by Crippen LogP contribution is 2.36. The highest BCUT2D eigenvalue weighted by atomic mass is 32.1. The van der Waals surface area contributed by atoms with Gasteiger partial charge in [0.25, 0.3) is 0 Å². The predicted molar refractivity (Wildman–Crippen MR) is 138 cm³/mol. The Kier molecular flexibility index (Phi) is 8.49. The summed E-state index contributed by atoms with van der Waals surface area (Å²) in [5.74, 6) is -2.16. The Bertz CT molecular complexity index is 1060. The number of nitrogens with one attached hydrogen (secondary N) is 2. The van der Waals surface area contributed by atoms with Gasteiger partial charge in [0.1, 0.15) is 0 Å². The van der Waals surface area contributed by atoms with Crippen molar-refractivity contribution in [1.82, 2.24) is 15.6 Å². The van der Waals surface area contributed by atoms with Crippen LogP contribution in [0, 0.1) is 30.1 Å². The first kappa shape index (κ1) is 27.0. The molecule has 0 radical (unpaired) electrons. The van der Waals surface area contributed by atoms with E-state index in [0.717, 1.165) is 21.7 Å². The molecule has 2 amide bonds. The van der Waals surface area contributed by atoms with Gasteiger partial charge in [-0.15, -0.1) is 11.3 Å². The maximum atomic E-state index is 13.6. The van der Waals surface area contributed by atoms with Crippen LogP contribution in [0.3, 0.4) is 0 Å². The van der Waals surface area contributed by atoms with E-state index >= 15 is 0 Å². The first-order valence-corrected chi connectivity index (χ1v) is 13.1. The van der Waals surface area contributed by atoms with Crippen molar-refractivity contribution in [1.29, 1.82) is 0 Å². The van der Waals surface area contributed by atoms with E-state index in [1.165, 1.54) is 0 Å². The third-order valence-electron chi connectivity index (χ3n) is 6.63. The second-order valence-electron chi connectivity index (χ2n) is 10.9. The molecule has 1 heterocycles. The Hall–Kier alpha value is -2.58. The largest absolute Gasteiger partial charge is 0.393 e. The number of carbonyl (C=O) groups excluding carboxylic acids is 3. The lowest BCUT2D eigenvalue weighted by Gasteiger charge is -2.33. The van der Waals surface area contributed by atoms with Gasteiger partial charge in [0.15, 0.2) is 5.78 Å². The van der Waals surface area contributed by atoms with Crippen molar-refractivity contribution in [3.63, 3.8) is 0 Å². The fourth-order valence-electron chi connectivity index (χ4n) is 4.53. The molecule has 3 N–H and O–H groups in total. The Labute approximate surface area is 211 Å². The van der Waals surface area contributed by atoms with Crippen molar-refractivity contribution < 1.29 is 19.5 Å². The predicted octanol–water partition coefficient (Wildman–Crippen LogP) is 3.88. The summed E-state index contributed by atoms with van der Waals surface area (Å²) >= 11 is 1.59. The standard InChI is InChI=1S/C27H37N3O4S/c1-15(2)25(33)30-24(27(4,5)6)22(32)20-11-19(31)12-21(20)26(34)28-13-17-7-9-18(10-8-17)23-16(3)29-14-35-23/h7-10,14-15,19-21,24,31H,11-13H2,1-6H3,(H,28,34)(H,30,33)/t19-,20?,21+,24+/m1/s1. The molecule has 8 heteroatoms. The Morgan fingerprint density at radius 1 is 1.11 bits per heavy atom. The molecule has 1 unspecified atom stereocenters. The molecule has 1 aliphatic carbocycles. The first-order chi connectivity index (χ1) is 16.4. The Morgan fingerprint density at radius 2 is 1.74 bits per heavy atom. The van der Waals surface area contributed by atoms with Gasteiger partial charge in [-0.3, -0.25) is 14.4 Å². The summed E-state index contributed by atoms with van der Waals surface area (Å²) in [6.45, 7) is 11.6. The van der Waals surface area contributed by atoms with E-state index in [9.17, 15) is 19.5 Å². The van der Waals surface area contributed by atoms with Crippen molar-refractivity contribution in [3.05, 3.63) is 41.0 Å². The molecular formula is C27H37N3O4S. The quantitative estimate of drug-likeness (QED) is 0.511. The highest BCUT2D eigenvalue weighted by molar-refractivity contribution is 7.13. The molecule has 0 bridgehead atoms. The molecule has 35 heavy (non-hydrogen) atoms. The van der Waals surface area contributed by atoms with Crippen LogP contribution in [-0.2, 0) is 20.9 Å². The average molecular weight is 500 g/mol. The average Bonchev–Trinajstić information content (AvgIpc) is 3.40. The van der Waals surface area contributed by atoms with E-state index in [4.69, 9.17) is 0 Å². The highest BCUT2D eigenvalue weighted by Gasteiger charge is 2.46. The van der Waals surface area contributed by atoms with Crippen LogP contribution in [-0.4, -0.2) is 39.8 Å². The number of nitrogens with zero attached hydrogens (tertiary/aromatic N) is 1. The van der Waals surface area contributed by atoms with Gasteiger partial charge >= 0.3 is 0 Å². The number of aromatic nitrogens is 1. The van der Waals surface area contributed by atoms with Crippen molar-refractivity contribution in [3.8, 4) is 10.4 Å². The topological polar surface area (TPSA) is 108 Å². The number of carbonyl (C=O) groups is 3. The number of hydrogen-bond acceptors (Lipinski definition) is 6. The van der Waals surface area contributed by atoms with Gasteiger partial charge in [-0.25, -0.2) is 4.98 Å². The molecule has 1 fully saturated rings. The normalized spacial score (nSPS) is 21.1. The van der Waals surface area contributed by atoms with Gasteiger partial charge in [0.2, 0.25) is 11.8 Å². The fourth-order valence-corrected chi connectivity index (χ4v) is 5.34. The van der Waals surface area contributed by atoms with E-state index in [0.29, 0.717) is 6.54 Å². The number of amides is 2. The molecule has 1 aromatic carbocycles. The zero-order valence-electron chi connectivity index (χ0n) is 21.4. The molecule has 0 saturated heterocycles. The summed E-state index contributed by atoms with van der Waals surface area (Å²) in [5, 5.41) is 16.2. The van der Waals surface area contributed by atoms with Gasteiger partial charge in [-0.2, -0.15) is 0 Å². The number of benzene rings is 1. The summed E-state index contributed by atoms with van der Waals surface area (Å²) in [4.78, 5) is 44.5. The first-order valence-electron chi connectivity index (χ1n) is 12.2. The summed E-state index contributed by atoms with van der Waals surface area (Å²) < 4.78 is 0. The SMILES string of the molecule is Cc1ncsc1-c1ccc(CNC(=O)[C@H]2C[C@H](O)CC2C(=O)[C@H](NC(=O)C(C)C)C(C)(C)C)cc1. The number of hydrogen-bond donors (Lipinski definition) is 3. The molecule has 2 aromatic rings. The molecule has 3 rings (SSSR count).